The lowest BCUT2D eigenvalue weighted by atomic mass is 10.1. The van der Waals surface area contributed by atoms with Gasteiger partial charge in [0.05, 0.1) is 30.0 Å². The smallest absolute Gasteiger partial charge is 0.386 e. The lowest BCUT2D eigenvalue weighted by molar-refractivity contribution is 0.0688. The largest absolute Gasteiger partial charge is 0.531 e. The number of imide groups is 1. The predicted molar refractivity (Wildman–Crippen MR) is 95.3 cm³/mol. The first kappa shape index (κ1) is 20.2. The topological polar surface area (TPSA) is 94.2 Å². The summed E-state index contributed by atoms with van der Waals surface area (Å²) in [6, 6.07) is 6.54. The van der Waals surface area contributed by atoms with Crippen molar-refractivity contribution in [2.75, 3.05) is 19.8 Å². The molecular formula is C17H23N2O6P. The van der Waals surface area contributed by atoms with Crippen LogP contribution in [0.4, 0.5) is 0 Å². The third-order valence-corrected chi connectivity index (χ3v) is 5.13. The zero-order valence-corrected chi connectivity index (χ0v) is 16.2. The van der Waals surface area contributed by atoms with Gasteiger partial charge in [-0.15, -0.1) is 0 Å². The van der Waals surface area contributed by atoms with E-state index >= 15 is 0 Å². The first-order valence-electron chi connectivity index (χ1n) is 8.39. The standard InChI is InChI=1S/C17H23N2O6P/c1-5-18-15(25-26(22,23-6-2)24-7-3)12(4)19-16(20)13-10-8-9-11-14(13)17(19)21/h8-11,18H,5-7H2,1-4H3/b15-12+. The number of amides is 2. The molecule has 0 spiro atoms. The van der Waals surface area contributed by atoms with Crippen LogP contribution in [-0.2, 0) is 18.1 Å². The van der Waals surface area contributed by atoms with Crippen LogP contribution < -0.4 is 5.32 Å². The second-order valence-corrected chi connectivity index (χ2v) is 6.90. The minimum Gasteiger partial charge on any atom is -0.386 e. The van der Waals surface area contributed by atoms with E-state index in [0.29, 0.717) is 17.7 Å². The van der Waals surface area contributed by atoms with Crippen LogP contribution in [0.1, 0.15) is 48.4 Å². The average Bonchev–Trinajstić information content (AvgIpc) is 2.86. The number of hydrogen-bond donors (Lipinski definition) is 1. The number of allylic oxidation sites excluding steroid dienone is 1. The lowest BCUT2D eigenvalue weighted by Gasteiger charge is -2.23. The van der Waals surface area contributed by atoms with E-state index in [1.807, 2.05) is 0 Å². The number of hydrogen-bond acceptors (Lipinski definition) is 7. The Morgan fingerprint density at radius 3 is 1.96 bits per heavy atom. The molecule has 0 atom stereocenters. The number of nitrogens with one attached hydrogen (secondary N) is 1. The first-order valence-corrected chi connectivity index (χ1v) is 9.85. The Labute approximate surface area is 152 Å². The highest BCUT2D eigenvalue weighted by Crippen LogP contribution is 2.51. The van der Waals surface area contributed by atoms with Crippen molar-refractivity contribution < 1.29 is 27.7 Å². The fourth-order valence-electron chi connectivity index (χ4n) is 2.50. The number of benzene rings is 1. The summed E-state index contributed by atoms with van der Waals surface area (Å²) in [5, 5.41) is 2.88. The molecule has 2 rings (SSSR count). The van der Waals surface area contributed by atoms with Crippen LogP contribution in [0.3, 0.4) is 0 Å². The van der Waals surface area contributed by atoms with Gasteiger partial charge in [0.25, 0.3) is 11.8 Å². The Kier molecular flexibility index (Phi) is 6.58. The normalized spacial score (nSPS) is 15.0. The molecule has 0 saturated heterocycles. The quantitative estimate of drug-likeness (QED) is 0.398. The highest BCUT2D eigenvalue weighted by Gasteiger charge is 2.39. The molecule has 0 aliphatic carbocycles. The van der Waals surface area contributed by atoms with E-state index < -0.39 is 19.6 Å². The summed E-state index contributed by atoms with van der Waals surface area (Å²) >= 11 is 0. The first-order chi connectivity index (χ1) is 12.4. The summed E-state index contributed by atoms with van der Waals surface area (Å²) in [4.78, 5) is 26.3. The average molecular weight is 382 g/mol. The third-order valence-electron chi connectivity index (χ3n) is 3.57. The molecule has 1 N–H and O–H groups in total. The maximum atomic E-state index is 12.7. The summed E-state index contributed by atoms with van der Waals surface area (Å²) in [6.45, 7) is 7.28. The fourth-order valence-corrected chi connectivity index (χ4v) is 3.73. The molecule has 8 nitrogen and oxygen atoms in total. The summed E-state index contributed by atoms with van der Waals surface area (Å²) in [7, 11) is -3.88. The van der Waals surface area contributed by atoms with Crippen LogP contribution in [0.2, 0.25) is 0 Å². The predicted octanol–water partition coefficient (Wildman–Crippen LogP) is 3.28. The molecule has 1 aromatic carbocycles. The zero-order valence-electron chi connectivity index (χ0n) is 15.3. The minimum atomic E-state index is -3.88. The SMILES string of the molecule is CCN/C(OP(=O)(OCC)OCC)=C(/C)N1C(=O)c2ccccc2C1=O. The number of fused-ring (bicyclic) bond motifs is 1. The summed E-state index contributed by atoms with van der Waals surface area (Å²) in [6.07, 6.45) is 0. The number of phosphoric acid groups is 1. The minimum absolute atomic E-state index is 0.00719. The summed E-state index contributed by atoms with van der Waals surface area (Å²) in [5.74, 6) is -0.943. The van der Waals surface area contributed by atoms with Gasteiger partial charge < -0.3 is 9.84 Å². The number of carbonyl (C=O) groups excluding carboxylic acids is 2. The Morgan fingerprint density at radius 2 is 1.54 bits per heavy atom. The number of rotatable bonds is 9. The second kappa shape index (κ2) is 8.49. The van der Waals surface area contributed by atoms with E-state index in [1.54, 1.807) is 45.0 Å². The molecule has 9 heteroatoms. The van der Waals surface area contributed by atoms with Crippen molar-refractivity contribution in [3.63, 3.8) is 0 Å². The molecule has 1 aromatic rings. The van der Waals surface area contributed by atoms with Crippen molar-refractivity contribution in [3.05, 3.63) is 47.0 Å². The van der Waals surface area contributed by atoms with Gasteiger partial charge in [0.2, 0.25) is 5.88 Å². The maximum absolute atomic E-state index is 12.7. The van der Waals surface area contributed by atoms with Gasteiger partial charge >= 0.3 is 7.82 Å². The molecule has 1 aliphatic heterocycles. The van der Waals surface area contributed by atoms with Crippen LogP contribution in [0.25, 0.3) is 0 Å². The van der Waals surface area contributed by atoms with Crippen molar-refractivity contribution in [1.29, 1.82) is 0 Å². The molecule has 1 heterocycles. The third kappa shape index (κ3) is 3.98. The van der Waals surface area contributed by atoms with E-state index in [0.717, 1.165) is 4.90 Å². The van der Waals surface area contributed by atoms with Crippen molar-refractivity contribution in [3.8, 4) is 0 Å². The van der Waals surface area contributed by atoms with Gasteiger partial charge in [0.1, 0.15) is 0 Å². The molecule has 1 aliphatic rings. The number of phosphoric ester groups is 1. The Morgan fingerprint density at radius 1 is 1.04 bits per heavy atom. The van der Waals surface area contributed by atoms with Crippen molar-refractivity contribution in [1.82, 2.24) is 10.2 Å². The summed E-state index contributed by atoms with van der Waals surface area (Å²) in [5.41, 5.74) is 0.800. The van der Waals surface area contributed by atoms with E-state index in [9.17, 15) is 14.2 Å². The molecule has 26 heavy (non-hydrogen) atoms. The van der Waals surface area contributed by atoms with Gasteiger partial charge in [-0.05, 0) is 39.8 Å². The highest BCUT2D eigenvalue weighted by atomic mass is 31.2. The van der Waals surface area contributed by atoms with E-state index in [4.69, 9.17) is 13.6 Å². The molecule has 0 saturated carbocycles. The molecule has 142 valence electrons. The number of carbonyl (C=O) groups is 2. The van der Waals surface area contributed by atoms with Gasteiger partial charge in [-0.1, -0.05) is 12.1 Å². The molecule has 0 bridgehead atoms. The molecule has 0 aromatic heterocycles. The molecule has 2 amide bonds. The van der Waals surface area contributed by atoms with Gasteiger partial charge in [0, 0.05) is 6.54 Å². The van der Waals surface area contributed by atoms with Crippen LogP contribution >= 0.6 is 7.82 Å². The summed E-state index contributed by atoms with van der Waals surface area (Å²) < 4.78 is 28.4. The zero-order chi connectivity index (χ0) is 19.3. The van der Waals surface area contributed by atoms with E-state index in [-0.39, 0.29) is 24.8 Å². The Hall–Kier alpha value is -2.15. The highest BCUT2D eigenvalue weighted by molar-refractivity contribution is 7.48. The van der Waals surface area contributed by atoms with Crippen LogP contribution in [0, 0.1) is 0 Å². The van der Waals surface area contributed by atoms with Gasteiger partial charge in [0.15, 0.2) is 0 Å². The molecular weight excluding hydrogens is 359 g/mol. The molecule has 0 unspecified atom stereocenters. The number of nitrogens with zero attached hydrogens (tertiary/aromatic N) is 1. The monoisotopic (exact) mass is 382 g/mol. The van der Waals surface area contributed by atoms with Crippen molar-refractivity contribution >= 4 is 19.6 Å². The van der Waals surface area contributed by atoms with Crippen LogP contribution in [0.5, 0.6) is 0 Å². The van der Waals surface area contributed by atoms with E-state index in [2.05, 4.69) is 5.32 Å². The van der Waals surface area contributed by atoms with E-state index in [1.165, 1.54) is 6.92 Å². The second-order valence-electron chi connectivity index (χ2n) is 5.31. The fraction of sp³-hybridized carbons (Fsp3) is 0.412. The Bertz CT molecular complexity index is 731. The maximum Gasteiger partial charge on any atom is 0.531 e. The molecule has 0 fully saturated rings. The molecule has 0 radical (unpaired) electrons. The van der Waals surface area contributed by atoms with Crippen molar-refractivity contribution in [2.24, 2.45) is 0 Å². The van der Waals surface area contributed by atoms with Gasteiger partial charge in [-0.25, -0.2) is 9.46 Å². The van der Waals surface area contributed by atoms with Crippen LogP contribution in [0.15, 0.2) is 35.8 Å². The van der Waals surface area contributed by atoms with Crippen molar-refractivity contribution in [2.45, 2.75) is 27.7 Å². The lowest BCUT2D eigenvalue weighted by Crippen LogP contribution is -2.32. The van der Waals surface area contributed by atoms with Gasteiger partial charge in [-0.2, -0.15) is 0 Å². The van der Waals surface area contributed by atoms with Gasteiger partial charge in [-0.3, -0.25) is 18.6 Å². The Balaban J connectivity index is 2.41. The van der Waals surface area contributed by atoms with Crippen LogP contribution in [-0.4, -0.2) is 36.5 Å².